The van der Waals surface area contributed by atoms with Crippen molar-refractivity contribution in [3.8, 4) is 17.3 Å². The number of ether oxygens (including phenoxy) is 1. The van der Waals surface area contributed by atoms with Crippen molar-refractivity contribution < 1.29 is 22.3 Å². The molecule has 1 unspecified atom stereocenters. The topological polar surface area (TPSA) is 116 Å². The fourth-order valence-corrected chi connectivity index (χ4v) is 5.84. The van der Waals surface area contributed by atoms with Gasteiger partial charge in [-0.25, -0.2) is 17.8 Å². The van der Waals surface area contributed by atoms with Gasteiger partial charge in [-0.1, -0.05) is 6.07 Å². The van der Waals surface area contributed by atoms with E-state index in [1.807, 2.05) is 13.8 Å². The van der Waals surface area contributed by atoms with Crippen LogP contribution in [0.1, 0.15) is 44.1 Å². The van der Waals surface area contributed by atoms with Crippen LogP contribution in [-0.4, -0.2) is 57.5 Å². The molecule has 3 aromatic rings. The Hall–Kier alpha value is -3.08. The third-order valence-corrected chi connectivity index (χ3v) is 7.19. The Kier molecular flexibility index (Phi) is 5.40. The van der Waals surface area contributed by atoms with Gasteiger partial charge in [0, 0.05) is 25.2 Å². The van der Waals surface area contributed by atoms with E-state index in [0.717, 1.165) is 0 Å². The molecule has 1 fully saturated rings. The normalized spacial score (nSPS) is 17.7. The number of hydrogen-bond donors (Lipinski definition) is 1. The first-order chi connectivity index (χ1) is 15.0. The van der Waals surface area contributed by atoms with Gasteiger partial charge in [0.15, 0.2) is 9.84 Å². The summed E-state index contributed by atoms with van der Waals surface area (Å²) < 4.78 is 43.1. The van der Waals surface area contributed by atoms with Gasteiger partial charge in [-0.15, -0.1) is 0 Å². The summed E-state index contributed by atoms with van der Waals surface area (Å²) >= 11 is 0. The zero-order chi connectivity index (χ0) is 23.3. The molecule has 32 heavy (non-hydrogen) atoms. The largest absolute Gasteiger partial charge is 0.444 e. The van der Waals surface area contributed by atoms with E-state index in [-0.39, 0.29) is 23.4 Å². The van der Waals surface area contributed by atoms with Crippen LogP contribution in [-0.2, 0) is 9.84 Å². The Morgan fingerprint density at radius 2 is 2.00 bits per heavy atom. The van der Waals surface area contributed by atoms with Crippen molar-refractivity contribution in [3.63, 3.8) is 0 Å². The number of carbonyl (C=O) groups is 1. The van der Waals surface area contributed by atoms with Crippen LogP contribution in [0.3, 0.4) is 0 Å². The SMILES string of the molecule is CC(F)Oc1cccc(-c2nn(C(C)C)c3cc(C(=O)NC4(C)CS(=O)(=O)C4)cnc23)n1. The van der Waals surface area contributed by atoms with Crippen LogP contribution < -0.4 is 10.1 Å². The monoisotopic (exact) mass is 461 g/mol. The number of nitrogens with zero attached hydrogens (tertiary/aromatic N) is 4. The molecular formula is C21H24FN5O4S. The van der Waals surface area contributed by atoms with Crippen molar-refractivity contribution in [2.75, 3.05) is 11.5 Å². The van der Waals surface area contributed by atoms with Crippen LogP contribution in [0.4, 0.5) is 4.39 Å². The van der Waals surface area contributed by atoms with Crippen molar-refractivity contribution in [3.05, 3.63) is 36.0 Å². The number of fused-ring (bicyclic) bond motifs is 1. The maximum absolute atomic E-state index is 13.2. The van der Waals surface area contributed by atoms with E-state index in [2.05, 4.69) is 20.4 Å². The summed E-state index contributed by atoms with van der Waals surface area (Å²) in [6.45, 7) is 6.86. The maximum atomic E-state index is 13.2. The summed E-state index contributed by atoms with van der Waals surface area (Å²) in [5.41, 5.74) is 1.62. The Bertz CT molecular complexity index is 1290. The Morgan fingerprint density at radius 3 is 2.62 bits per heavy atom. The van der Waals surface area contributed by atoms with Gasteiger partial charge in [0.25, 0.3) is 5.91 Å². The number of hydrogen-bond acceptors (Lipinski definition) is 7. The molecule has 11 heteroatoms. The predicted octanol–water partition coefficient (Wildman–Crippen LogP) is 2.69. The number of nitrogens with one attached hydrogen (secondary N) is 1. The average Bonchev–Trinajstić information content (AvgIpc) is 3.05. The molecule has 1 atom stereocenters. The summed E-state index contributed by atoms with van der Waals surface area (Å²) in [6, 6.07) is 6.61. The minimum atomic E-state index is -3.09. The molecule has 1 aliphatic rings. The highest BCUT2D eigenvalue weighted by Gasteiger charge is 2.45. The number of alkyl halides is 1. The lowest BCUT2D eigenvalue weighted by molar-refractivity contribution is 0.0811. The van der Waals surface area contributed by atoms with Crippen LogP contribution in [0.25, 0.3) is 22.4 Å². The molecule has 0 aliphatic carbocycles. The number of rotatable bonds is 6. The number of halogens is 1. The third kappa shape index (κ3) is 4.29. The van der Waals surface area contributed by atoms with Crippen LogP contribution in [0, 0.1) is 0 Å². The molecule has 0 aromatic carbocycles. The van der Waals surface area contributed by atoms with E-state index in [9.17, 15) is 17.6 Å². The summed E-state index contributed by atoms with van der Waals surface area (Å²) in [5.74, 6) is -0.446. The number of carbonyl (C=O) groups excluding carboxylic acids is 1. The average molecular weight is 462 g/mol. The van der Waals surface area contributed by atoms with Gasteiger partial charge in [-0.3, -0.25) is 14.5 Å². The molecule has 0 saturated carbocycles. The number of amides is 1. The van der Waals surface area contributed by atoms with E-state index in [0.29, 0.717) is 28.0 Å². The molecule has 3 aromatic heterocycles. The van der Waals surface area contributed by atoms with Crippen molar-refractivity contribution in [2.24, 2.45) is 0 Å². The molecule has 170 valence electrons. The van der Waals surface area contributed by atoms with E-state index >= 15 is 0 Å². The Labute approximate surface area is 184 Å². The minimum absolute atomic E-state index is 0.0362. The highest BCUT2D eigenvalue weighted by Crippen LogP contribution is 2.29. The van der Waals surface area contributed by atoms with Crippen LogP contribution in [0.2, 0.25) is 0 Å². The second-order valence-electron chi connectivity index (χ2n) is 8.55. The second-order valence-corrected chi connectivity index (χ2v) is 10.6. The van der Waals surface area contributed by atoms with Gasteiger partial charge >= 0.3 is 0 Å². The molecule has 1 N–H and O–H groups in total. The number of aromatic nitrogens is 4. The van der Waals surface area contributed by atoms with E-state index in [1.54, 1.807) is 35.9 Å². The molecule has 0 spiro atoms. The Balaban J connectivity index is 1.71. The van der Waals surface area contributed by atoms with E-state index < -0.39 is 27.6 Å². The number of pyridine rings is 2. The molecule has 9 nitrogen and oxygen atoms in total. The van der Waals surface area contributed by atoms with E-state index in [4.69, 9.17) is 4.74 Å². The molecule has 4 rings (SSSR count). The molecule has 1 aliphatic heterocycles. The van der Waals surface area contributed by atoms with Gasteiger partial charge in [0.2, 0.25) is 12.2 Å². The highest BCUT2D eigenvalue weighted by atomic mass is 32.2. The van der Waals surface area contributed by atoms with Crippen molar-refractivity contribution in [1.29, 1.82) is 0 Å². The first-order valence-electron chi connectivity index (χ1n) is 10.2. The van der Waals surface area contributed by atoms with E-state index in [1.165, 1.54) is 13.1 Å². The fourth-order valence-electron chi connectivity index (χ4n) is 3.84. The minimum Gasteiger partial charge on any atom is -0.444 e. The van der Waals surface area contributed by atoms with Gasteiger partial charge in [-0.2, -0.15) is 5.10 Å². The molecule has 0 bridgehead atoms. The lowest BCUT2D eigenvalue weighted by Gasteiger charge is -2.38. The summed E-state index contributed by atoms with van der Waals surface area (Å²) in [7, 11) is -3.09. The maximum Gasteiger partial charge on any atom is 0.253 e. The zero-order valence-electron chi connectivity index (χ0n) is 18.2. The third-order valence-electron chi connectivity index (χ3n) is 5.04. The van der Waals surface area contributed by atoms with Crippen molar-refractivity contribution in [1.82, 2.24) is 25.1 Å². The Morgan fingerprint density at radius 1 is 1.28 bits per heavy atom. The zero-order valence-corrected chi connectivity index (χ0v) is 19.0. The van der Waals surface area contributed by atoms with Crippen LogP contribution in [0.15, 0.2) is 30.5 Å². The molecule has 0 radical (unpaired) electrons. The quantitative estimate of drug-likeness (QED) is 0.600. The molecule has 1 saturated heterocycles. The van der Waals surface area contributed by atoms with Crippen molar-refractivity contribution in [2.45, 2.75) is 45.6 Å². The van der Waals surface area contributed by atoms with Crippen LogP contribution >= 0.6 is 0 Å². The molecule has 4 heterocycles. The lowest BCUT2D eigenvalue weighted by Crippen LogP contribution is -2.63. The standard InChI is InChI=1S/C21H24FN5O4S/c1-12(2)27-16-8-14(20(28)25-21(4)10-32(29,30)11-21)9-23-19(16)18(26-27)15-6-5-7-17(24-15)31-13(3)22/h5-9,12-13H,10-11H2,1-4H3,(H,25,28). The molecular weight excluding hydrogens is 437 g/mol. The summed E-state index contributed by atoms with van der Waals surface area (Å²) in [6.07, 6.45) is -0.0805. The summed E-state index contributed by atoms with van der Waals surface area (Å²) in [4.78, 5) is 21.6. The van der Waals surface area contributed by atoms with Gasteiger partial charge in [0.1, 0.15) is 11.2 Å². The first kappa shape index (κ1) is 22.1. The predicted molar refractivity (Wildman–Crippen MR) is 117 cm³/mol. The second kappa shape index (κ2) is 7.80. The van der Waals surface area contributed by atoms with Crippen molar-refractivity contribution >= 4 is 26.8 Å². The summed E-state index contributed by atoms with van der Waals surface area (Å²) in [5, 5.41) is 7.42. The molecule has 1 amide bonds. The first-order valence-corrected chi connectivity index (χ1v) is 12.0. The fraction of sp³-hybridized carbons (Fsp3) is 0.429. The van der Waals surface area contributed by atoms with Gasteiger partial charge in [-0.05, 0) is 32.9 Å². The smallest absolute Gasteiger partial charge is 0.253 e. The number of sulfone groups is 1. The van der Waals surface area contributed by atoms with Gasteiger partial charge in [0.05, 0.1) is 33.8 Å². The van der Waals surface area contributed by atoms with Gasteiger partial charge < -0.3 is 10.1 Å². The highest BCUT2D eigenvalue weighted by molar-refractivity contribution is 7.93. The van der Waals surface area contributed by atoms with Crippen LogP contribution in [0.5, 0.6) is 5.88 Å². The lowest BCUT2D eigenvalue weighted by atomic mass is 10.1.